The lowest BCUT2D eigenvalue weighted by atomic mass is 10.2. The summed E-state index contributed by atoms with van der Waals surface area (Å²) in [6, 6.07) is 5.32. The number of benzene rings is 1. The Kier molecular flexibility index (Phi) is 2.65. The van der Waals surface area contributed by atoms with Crippen LogP contribution >= 0.6 is 22.6 Å². The lowest BCUT2D eigenvalue weighted by molar-refractivity contribution is 0.617. The molecule has 0 saturated carbocycles. The summed E-state index contributed by atoms with van der Waals surface area (Å²) >= 11 is 2.15. The molecule has 0 spiro atoms. The smallest absolute Gasteiger partial charge is 0.127 e. The second kappa shape index (κ2) is 3.32. The van der Waals surface area contributed by atoms with Gasteiger partial charge in [0.1, 0.15) is 5.82 Å². The van der Waals surface area contributed by atoms with E-state index in [2.05, 4.69) is 22.6 Å². The Morgan fingerprint density at radius 3 is 2.70 bits per heavy atom. The van der Waals surface area contributed by atoms with Gasteiger partial charge in [-0.2, -0.15) is 0 Å². The molecular weight excluding hydrogens is 242 g/mol. The molecule has 0 aromatic heterocycles. The lowest BCUT2D eigenvalue weighted by Gasteiger charge is -1.97. The number of alkyl halides is 1. The van der Waals surface area contributed by atoms with Crippen molar-refractivity contribution >= 4 is 22.6 Å². The van der Waals surface area contributed by atoms with Crippen molar-refractivity contribution in [1.82, 2.24) is 0 Å². The minimum absolute atomic E-state index is 0.0885. The molecule has 1 aromatic carbocycles. The Labute approximate surface area is 73.6 Å². The molecule has 0 heterocycles. The molecule has 1 rings (SSSR count). The van der Waals surface area contributed by atoms with Crippen molar-refractivity contribution in [3.8, 4) is 0 Å². The lowest BCUT2D eigenvalue weighted by Crippen LogP contribution is -1.85. The first-order chi connectivity index (χ1) is 4.74. The van der Waals surface area contributed by atoms with E-state index in [-0.39, 0.29) is 5.82 Å². The van der Waals surface area contributed by atoms with Crippen LogP contribution in [0.5, 0.6) is 0 Å². The number of hydrogen-bond donors (Lipinski definition) is 0. The van der Waals surface area contributed by atoms with Gasteiger partial charge in [0.2, 0.25) is 0 Å². The van der Waals surface area contributed by atoms with Crippen molar-refractivity contribution in [2.24, 2.45) is 0 Å². The molecule has 0 atom stereocenters. The third kappa shape index (κ3) is 1.68. The van der Waals surface area contributed by atoms with Crippen molar-refractivity contribution in [3.05, 3.63) is 35.1 Å². The van der Waals surface area contributed by atoms with Crippen LogP contribution in [-0.4, -0.2) is 0 Å². The van der Waals surface area contributed by atoms with E-state index in [1.165, 1.54) is 0 Å². The van der Waals surface area contributed by atoms with E-state index in [4.69, 9.17) is 0 Å². The van der Waals surface area contributed by atoms with Gasteiger partial charge in [-0.15, -0.1) is 0 Å². The molecule has 0 saturated heterocycles. The SMILES string of the molecule is Cc1ccc(CI)c(F)c1. The predicted molar refractivity (Wildman–Crippen MR) is 48.9 cm³/mol. The number of halogens is 2. The van der Waals surface area contributed by atoms with Crippen molar-refractivity contribution in [3.63, 3.8) is 0 Å². The predicted octanol–water partition coefficient (Wildman–Crippen LogP) is 3.07. The Morgan fingerprint density at radius 1 is 1.50 bits per heavy atom. The highest BCUT2D eigenvalue weighted by Gasteiger charge is 1.98. The molecule has 0 nitrogen and oxygen atoms in total. The first-order valence-corrected chi connectivity index (χ1v) is 4.57. The van der Waals surface area contributed by atoms with Gasteiger partial charge in [-0.25, -0.2) is 4.39 Å². The highest BCUT2D eigenvalue weighted by Crippen LogP contribution is 2.12. The zero-order valence-corrected chi connectivity index (χ0v) is 7.85. The fourth-order valence-corrected chi connectivity index (χ4v) is 1.38. The molecule has 0 amide bonds. The molecule has 1 aromatic rings. The van der Waals surface area contributed by atoms with Gasteiger partial charge < -0.3 is 0 Å². The first-order valence-electron chi connectivity index (χ1n) is 3.05. The molecule has 2 heteroatoms. The standard InChI is InChI=1S/C8H8FI/c1-6-2-3-7(5-10)8(9)4-6/h2-4H,5H2,1H3. The third-order valence-electron chi connectivity index (χ3n) is 1.35. The van der Waals surface area contributed by atoms with Crippen LogP contribution in [0.25, 0.3) is 0 Å². The molecule has 0 unspecified atom stereocenters. The van der Waals surface area contributed by atoms with Crippen LogP contribution in [0.2, 0.25) is 0 Å². The van der Waals surface area contributed by atoms with Gasteiger partial charge in [0.25, 0.3) is 0 Å². The van der Waals surface area contributed by atoms with Crippen LogP contribution in [0.3, 0.4) is 0 Å². The Bertz CT molecular complexity index is 233. The van der Waals surface area contributed by atoms with Crippen LogP contribution in [0.4, 0.5) is 4.39 Å². The maximum absolute atomic E-state index is 12.8. The third-order valence-corrected chi connectivity index (χ3v) is 2.17. The van der Waals surface area contributed by atoms with E-state index >= 15 is 0 Å². The molecule has 0 radical (unpaired) electrons. The summed E-state index contributed by atoms with van der Waals surface area (Å²) in [5, 5.41) is 0. The first kappa shape index (κ1) is 7.98. The van der Waals surface area contributed by atoms with Crippen LogP contribution in [0.1, 0.15) is 11.1 Å². The highest BCUT2D eigenvalue weighted by molar-refractivity contribution is 14.1. The van der Waals surface area contributed by atoms with Gasteiger partial charge in [-0.3, -0.25) is 0 Å². The molecule has 0 aliphatic heterocycles. The molecule has 54 valence electrons. The Balaban J connectivity index is 3.07. The Hall–Kier alpha value is -0.120. The fraction of sp³-hybridized carbons (Fsp3) is 0.250. The minimum atomic E-state index is -0.0885. The van der Waals surface area contributed by atoms with E-state index in [1.807, 2.05) is 19.1 Å². The summed E-state index contributed by atoms with van der Waals surface area (Å²) in [5.41, 5.74) is 1.76. The van der Waals surface area contributed by atoms with Gasteiger partial charge in [-0.05, 0) is 24.1 Å². The van der Waals surface area contributed by atoms with E-state index in [9.17, 15) is 4.39 Å². The van der Waals surface area contributed by atoms with E-state index in [0.29, 0.717) is 0 Å². The van der Waals surface area contributed by atoms with Gasteiger partial charge in [0.15, 0.2) is 0 Å². The summed E-state index contributed by atoms with van der Waals surface area (Å²) in [6.45, 7) is 1.89. The molecule has 10 heavy (non-hydrogen) atoms. The molecule has 0 aliphatic carbocycles. The van der Waals surface area contributed by atoms with Crippen LogP contribution < -0.4 is 0 Å². The van der Waals surface area contributed by atoms with E-state index in [0.717, 1.165) is 15.6 Å². The zero-order valence-electron chi connectivity index (χ0n) is 5.70. The molecule has 0 bridgehead atoms. The maximum atomic E-state index is 12.8. The van der Waals surface area contributed by atoms with Crippen molar-refractivity contribution in [2.75, 3.05) is 0 Å². The summed E-state index contributed by atoms with van der Waals surface area (Å²) in [4.78, 5) is 0. The van der Waals surface area contributed by atoms with Crippen LogP contribution in [0, 0.1) is 12.7 Å². The van der Waals surface area contributed by atoms with Gasteiger partial charge >= 0.3 is 0 Å². The number of rotatable bonds is 1. The quantitative estimate of drug-likeness (QED) is 0.530. The summed E-state index contributed by atoms with van der Waals surface area (Å²) in [6.07, 6.45) is 0. The van der Waals surface area contributed by atoms with Crippen LogP contribution in [0.15, 0.2) is 18.2 Å². The monoisotopic (exact) mass is 250 g/mol. The Morgan fingerprint density at radius 2 is 2.20 bits per heavy atom. The van der Waals surface area contributed by atoms with Crippen molar-refractivity contribution in [1.29, 1.82) is 0 Å². The fourth-order valence-electron chi connectivity index (χ4n) is 0.761. The van der Waals surface area contributed by atoms with Gasteiger partial charge in [0.05, 0.1) is 0 Å². The summed E-state index contributed by atoms with van der Waals surface area (Å²) < 4.78 is 13.6. The second-order valence-electron chi connectivity index (χ2n) is 2.23. The maximum Gasteiger partial charge on any atom is 0.127 e. The highest BCUT2D eigenvalue weighted by atomic mass is 127. The molecule has 0 aliphatic rings. The minimum Gasteiger partial charge on any atom is -0.207 e. The average Bonchev–Trinajstić information content (AvgIpc) is 1.88. The molecular formula is C8H8FI. The van der Waals surface area contributed by atoms with Crippen LogP contribution in [-0.2, 0) is 4.43 Å². The average molecular weight is 250 g/mol. The summed E-state index contributed by atoms with van der Waals surface area (Å²) in [7, 11) is 0. The molecule has 0 fully saturated rings. The van der Waals surface area contributed by atoms with E-state index in [1.54, 1.807) is 6.07 Å². The normalized spacial score (nSPS) is 9.90. The van der Waals surface area contributed by atoms with Crippen molar-refractivity contribution in [2.45, 2.75) is 11.4 Å². The van der Waals surface area contributed by atoms with Gasteiger partial charge in [-0.1, -0.05) is 34.7 Å². The van der Waals surface area contributed by atoms with E-state index < -0.39 is 0 Å². The topological polar surface area (TPSA) is 0 Å². The second-order valence-corrected chi connectivity index (χ2v) is 2.99. The zero-order chi connectivity index (χ0) is 7.56. The summed E-state index contributed by atoms with van der Waals surface area (Å²) in [5.74, 6) is -0.0885. The molecule has 0 N–H and O–H groups in total. The number of aryl methyl sites for hydroxylation is 1. The largest absolute Gasteiger partial charge is 0.207 e. The van der Waals surface area contributed by atoms with Crippen molar-refractivity contribution < 1.29 is 4.39 Å². The van der Waals surface area contributed by atoms with Gasteiger partial charge in [0, 0.05) is 4.43 Å². The number of hydrogen-bond acceptors (Lipinski definition) is 0.